The molecule has 0 saturated carbocycles. The van der Waals surface area contributed by atoms with Crippen molar-refractivity contribution >= 4 is 17.7 Å². The Bertz CT molecular complexity index is 1060. The van der Waals surface area contributed by atoms with Crippen molar-refractivity contribution in [2.24, 2.45) is 5.92 Å². The third-order valence-corrected chi connectivity index (χ3v) is 6.27. The van der Waals surface area contributed by atoms with E-state index in [1.165, 1.54) is 23.9 Å². The predicted octanol–water partition coefficient (Wildman–Crippen LogP) is 3.98. The minimum Gasteiger partial charge on any atom is -0.337 e. The lowest BCUT2D eigenvalue weighted by molar-refractivity contribution is 0.0690. The van der Waals surface area contributed by atoms with Crippen LogP contribution in [-0.4, -0.2) is 48.9 Å². The summed E-state index contributed by atoms with van der Waals surface area (Å²) in [5.74, 6) is 0.591. The second-order valence-electron chi connectivity index (χ2n) is 7.97. The second-order valence-corrected chi connectivity index (χ2v) is 8.91. The molecule has 3 heterocycles. The summed E-state index contributed by atoms with van der Waals surface area (Å²) >= 11 is 1.43. The van der Waals surface area contributed by atoms with Gasteiger partial charge in [-0.3, -0.25) is 4.79 Å². The molecule has 0 radical (unpaired) electrons. The molecule has 0 N–H and O–H groups in total. The van der Waals surface area contributed by atoms with Crippen molar-refractivity contribution in [2.45, 2.75) is 44.5 Å². The molecule has 1 saturated heterocycles. The van der Waals surface area contributed by atoms with Gasteiger partial charge in [-0.2, -0.15) is 0 Å². The number of benzene rings is 1. The summed E-state index contributed by atoms with van der Waals surface area (Å²) in [6.45, 7) is 7.50. The van der Waals surface area contributed by atoms with E-state index in [1.807, 2.05) is 24.8 Å². The largest absolute Gasteiger partial charge is 0.337 e. The number of likely N-dealkylation sites (tertiary alicyclic amines) is 1. The molecule has 7 nitrogen and oxygen atoms in total. The van der Waals surface area contributed by atoms with E-state index in [-0.39, 0.29) is 11.7 Å². The molecule has 9 heteroatoms. The maximum Gasteiger partial charge on any atom is 0.276 e. The van der Waals surface area contributed by atoms with Crippen molar-refractivity contribution in [3.05, 3.63) is 58.9 Å². The molecule has 0 bridgehead atoms. The van der Waals surface area contributed by atoms with Crippen LogP contribution < -0.4 is 0 Å². The average molecular weight is 441 g/mol. The normalized spacial score (nSPS) is 14.8. The Morgan fingerprint density at radius 2 is 1.77 bits per heavy atom. The van der Waals surface area contributed by atoms with E-state index in [9.17, 15) is 9.18 Å². The first-order valence-electron chi connectivity index (χ1n) is 10.4. The van der Waals surface area contributed by atoms with Gasteiger partial charge in [-0.25, -0.2) is 19.0 Å². The first kappa shape index (κ1) is 21.4. The van der Waals surface area contributed by atoms with Gasteiger partial charge < -0.3 is 4.90 Å². The summed E-state index contributed by atoms with van der Waals surface area (Å²) in [4.78, 5) is 24.1. The van der Waals surface area contributed by atoms with Crippen LogP contribution in [0.1, 0.15) is 47.3 Å². The molecule has 0 aliphatic carbocycles. The number of aromatic nitrogens is 5. The number of aryl methyl sites for hydroxylation is 2. The summed E-state index contributed by atoms with van der Waals surface area (Å²) in [5, 5.41) is 9.10. The van der Waals surface area contributed by atoms with Gasteiger partial charge in [0.25, 0.3) is 5.91 Å². The zero-order chi connectivity index (χ0) is 22.0. The zero-order valence-electron chi connectivity index (χ0n) is 17.9. The summed E-state index contributed by atoms with van der Waals surface area (Å²) in [6, 6.07) is 7.91. The SMILES string of the molecule is Cc1cc(C)nc(SCc2c(C(=O)N3CCC(C)CC3)nnn2-c2ccc(F)cc2)n1. The Morgan fingerprint density at radius 1 is 1.13 bits per heavy atom. The quantitative estimate of drug-likeness (QED) is 0.441. The molecule has 0 unspecified atom stereocenters. The van der Waals surface area contributed by atoms with Gasteiger partial charge in [0.05, 0.1) is 11.4 Å². The fourth-order valence-electron chi connectivity index (χ4n) is 3.64. The number of halogens is 1. The monoisotopic (exact) mass is 440 g/mol. The Hall–Kier alpha value is -2.81. The van der Waals surface area contributed by atoms with E-state index in [2.05, 4.69) is 27.2 Å². The number of rotatable bonds is 5. The molecule has 1 aliphatic heterocycles. The average Bonchev–Trinajstić information content (AvgIpc) is 3.16. The van der Waals surface area contributed by atoms with E-state index < -0.39 is 0 Å². The van der Waals surface area contributed by atoms with Crippen molar-refractivity contribution in [1.29, 1.82) is 0 Å². The van der Waals surface area contributed by atoms with Crippen LogP contribution in [0.5, 0.6) is 0 Å². The Labute approximate surface area is 185 Å². The molecule has 1 aromatic carbocycles. The minimum atomic E-state index is -0.331. The molecule has 3 aromatic rings. The van der Waals surface area contributed by atoms with Gasteiger partial charge in [-0.15, -0.1) is 5.10 Å². The van der Waals surface area contributed by atoms with E-state index in [0.29, 0.717) is 33.9 Å². The van der Waals surface area contributed by atoms with Gasteiger partial charge in [0, 0.05) is 30.2 Å². The van der Waals surface area contributed by atoms with Crippen molar-refractivity contribution in [2.75, 3.05) is 13.1 Å². The number of hydrogen-bond acceptors (Lipinski definition) is 6. The highest BCUT2D eigenvalue weighted by Crippen LogP contribution is 2.26. The van der Waals surface area contributed by atoms with Crippen LogP contribution in [0.4, 0.5) is 4.39 Å². The Kier molecular flexibility index (Phi) is 6.31. The molecular formula is C22H25FN6OS. The summed E-state index contributed by atoms with van der Waals surface area (Å²) in [7, 11) is 0. The van der Waals surface area contributed by atoms with Gasteiger partial charge in [0.1, 0.15) is 5.82 Å². The molecular weight excluding hydrogens is 415 g/mol. The van der Waals surface area contributed by atoms with Crippen molar-refractivity contribution < 1.29 is 9.18 Å². The Balaban J connectivity index is 1.66. The van der Waals surface area contributed by atoms with E-state index >= 15 is 0 Å². The third kappa shape index (κ3) is 4.92. The van der Waals surface area contributed by atoms with Gasteiger partial charge in [-0.05, 0) is 62.9 Å². The molecule has 1 aliphatic rings. The fourth-order valence-corrected chi connectivity index (χ4v) is 4.58. The standard InChI is InChI=1S/C22H25FN6OS/c1-14-8-10-28(11-9-14)21(30)20-19(13-31-22-24-15(2)12-16(3)25-22)29(27-26-20)18-6-4-17(23)5-7-18/h4-7,12,14H,8-11,13H2,1-3H3. The highest BCUT2D eigenvalue weighted by Gasteiger charge is 2.28. The number of piperidine rings is 1. The molecule has 1 amide bonds. The van der Waals surface area contributed by atoms with Crippen molar-refractivity contribution in [3.63, 3.8) is 0 Å². The van der Waals surface area contributed by atoms with E-state index in [0.717, 1.165) is 37.3 Å². The van der Waals surface area contributed by atoms with Crippen molar-refractivity contribution in [1.82, 2.24) is 29.9 Å². The van der Waals surface area contributed by atoms with Crippen LogP contribution in [-0.2, 0) is 5.75 Å². The Morgan fingerprint density at radius 3 is 2.42 bits per heavy atom. The third-order valence-electron chi connectivity index (χ3n) is 5.41. The van der Waals surface area contributed by atoms with Gasteiger partial charge in [0.15, 0.2) is 10.9 Å². The predicted molar refractivity (Wildman–Crippen MR) is 117 cm³/mol. The molecule has 4 rings (SSSR count). The number of carbonyl (C=O) groups is 1. The number of hydrogen-bond donors (Lipinski definition) is 0. The molecule has 0 atom stereocenters. The van der Waals surface area contributed by atoms with Crippen LogP contribution in [0, 0.1) is 25.6 Å². The molecule has 2 aromatic heterocycles. The maximum atomic E-state index is 13.4. The van der Waals surface area contributed by atoms with Crippen LogP contribution >= 0.6 is 11.8 Å². The van der Waals surface area contributed by atoms with E-state index in [4.69, 9.17) is 0 Å². The summed E-state index contributed by atoms with van der Waals surface area (Å²) in [5.41, 5.74) is 3.41. The lowest BCUT2D eigenvalue weighted by Gasteiger charge is -2.29. The summed E-state index contributed by atoms with van der Waals surface area (Å²) < 4.78 is 15.0. The minimum absolute atomic E-state index is 0.114. The second kappa shape index (κ2) is 9.13. The lowest BCUT2D eigenvalue weighted by Crippen LogP contribution is -2.38. The number of carbonyl (C=O) groups excluding carboxylic acids is 1. The molecule has 0 spiro atoms. The fraction of sp³-hybridized carbons (Fsp3) is 0.409. The highest BCUT2D eigenvalue weighted by atomic mass is 32.2. The van der Waals surface area contributed by atoms with Crippen LogP contribution in [0.25, 0.3) is 5.69 Å². The summed E-state index contributed by atoms with van der Waals surface area (Å²) in [6.07, 6.45) is 1.97. The van der Waals surface area contributed by atoms with E-state index in [1.54, 1.807) is 16.8 Å². The highest BCUT2D eigenvalue weighted by molar-refractivity contribution is 7.98. The number of amides is 1. The zero-order valence-corrected chi connectivity index (χ0v) is 18.7. The molecule has 162 valence electrons. The van der Waals surface area contributed by atoms with Crippen molar-refractivity contribution in [3.8, 4) is 5.69 Å². The van der Waals surface area contributed by atoms with Crippen LogP contribution in [0.3, 0.4) is 0 Å². The van der Waals surface area contributed by atoms with Gasteiger partial charge >= 0.3 is 0 Å². The first-order chi connectivity index (χ1) is 14.9. The molecule has 31 heavy (non-hydrogen) atoms. The van der Waals surface area contributed by atoms with Gasteiger partial charge in [0.2, 0.25) is 0 Å². The van der Waals surface area contributed by atoms with Crippen LogP contribution in [0.2, 0.25) is 0 Å². The van der Waals surface area contributed by atoms with Crippen LogP contribution in [0.15, 0.2) is 35.5 Å². The molecule has 1 fully saturated rings. The smallest absolute Gasteiger partial charge is 0.276 e. The topological polar surface area (TPSA) is 76.8 Å². The van der Waals surface area contributed by atoms with Gasteiger partial charge in [-0.1, -0.05) is 23.9 Å². The number of thioether (sulfide) groups is 1. The lowest BCUT2D eigenvalue weighted by atomic mass is 9.99. The number of nitrogens with zero attached hydrogens (tertiary/aromatic N) is 6. The maximum absolute atomic E-state index is 13.4. The first-order valence-corrected chi connectivity index (χ1v) is 11.3.